The van der Waals surface area contributed by atoms with Gasteiger partial charge >= 0.3 is 6.18 Å². The van der Waals surface area contributed by atoms with Gasteiger partial charge in [0.25, 0.3) is 5.91 Å². The van der Waals surface area contributed by atoms with Gasteiger partial charge in [-0.25, -0.2) is 4.68 Å². The van der Waals surface area contributed by atoms with Crippen LogP contribution in [0.25, 0.3) is 0 Å². The van der Waals surface area contributed by atoms with E-state index in [0.29, 0.717) is 19.8 Å². The molecule has 1 aliphatic rings. The molecule has 0 saturated carbocycles. The highest BCUT2D eigenvalue weighted by atomic mass is 19.4. The number of aromatic nitrogens is 3. The smallest absolute Gasteiger partial charge is 0.380 e. The molecule has 0 radical (unpaired) electrons. The van der Waals surface area contributed by atoms with Crippen molar-refractivity contribution in [3.63, 3.8) is 0 Å². The van der Waals surface area contributed by atoms with Crippen molar-refractivity contribution in [2.24, 2.45) is 5.41 Å². The molecular weight excluding hydrogens is 337 g/mol. The summed E-state index contributed by atoms with van der Waals surface area (Å²) in [5, 5.41) is 10.2. The SMILES string of the molecule is CC1(CNC(=O)c2cn(Cc3ccccc3C(F)(F)F)nn2)COC1. The van der Waals surface area contributed by atoms with Crippen molar-refractivity contribution >= 4 is 5.91 Å². The van der Waals surface area contributed by atoms with Gasteiger partial charge in [-0.2, -0.15) is 13.2 Å². The van der Waals surface area contributed by atoms with E-state index in [4.69, 9.17) is 4.74 Å². The van der Waals surface area contributed by atoms with Gasteiger partial charge in [0.1, 0.15) is 0 Å². The molecule has 25 heavy (non-hydrogen) atoms. The van der Waals surface area contributed by atoms with Crippen molar-refractivity contribution in [3.8, 4) is 0 Å². The van der Waals surface area contributed by atoms with Crippen LogP contribution in [0.5, 0.6) is 0 Å². The number of amides is 1. The largest absolute Gasteiger partial charge is 0.416 e. The molecule has 1 aromatic carbocycles. The van der Waals surface area contributed by atoms with Crippen LogP contribution in [0, 0.1) is 5.41 Å². The number of halogens is 3. The maximum atomic E-state index is 13.0. The van der Waals surface area contributed by atoms with E-state index in [1.165, 1.54) is 29.1 Å². The number of carbonyl (C=O) groups excluding carboxylic acids is 1. The number of alkyl halides is 3. The van der Waals surface area contributed by atoms with Crippen LogP contribution in [0.4, 0.5) is 13.2 Å². The summed E-state index contributed by atoms with van der Waals surface area (Å²) >= 11 is 0. The highest BCUT2D eigenvalue weighted by molar-refractivity contribution is 5.91. The Labute approximate surface area is 142 Å². The Bertz CT molecular complexity index is 769. The fraction of sp³-hybridized carbons (Fsp3) is 0.438. The van der Waals surface area contributed by atoms with Gasteiger partial charge in [-0.05, 0) is 11.6 Å². The van der Waals surface area contributed by atoms with E-state index in [2.05, 4.69) is 15.6 Å². The third kappa shape index (κ3) is 3.98. The average molecular weight is 354 g/mol. The summed E-state index contributed by atoms with van der Waals surface area (Å²) < 4.78 is 45.4. The molecule has 1 saturated heterocycles. The minimum absolute atomic E-state index is 0.0611. The number of nitrogens with zero attached hydrogens (tertiary/aromatic N) is 3. The number of benzene rings is 1. The highest BCUT2D eigenvalue weighted by Gasteiger charge is 2.34. The molecule has 0 unspecified atom stereocenters. The zero-order valence-corrected chi connectivity index (χ0v) is 13.5. The Balaban J connectivity index is 1.67. The highest BCUT2D eigenvalue weighted by Crippen LogP contribution is 2.32. The van der Waals surface area contributed by atoms with Crippen LogP contribution in [-0.4, -0.2) is 40.7 Å². The maximum absolute atomic E-state index is 13.0. The van der Waals surface area contributed by atoms with Crippen LogP contribution in [0.2, 0.25) is 0 Å². The summed E-state index contributed by atoms with van der Waals surface area (Å²) in [6.07, 6.45) is -3.11. The van der Waals surface area contributed by atoms with Crippen LogP contribution in [0.3, 0.4) is 0 Å². The zero-order chi connectivity index (χ0) is 18.1. The Morgan fingerprint density at radius 1 is 1.36 bits per heavy atom. The Morgan fingerprint density at radius 3 is 2.72 bits per heavy atom. The summed E-state index contributed by atoms with van der Waals surface area (Å²) in [5.74, 6) is -0.413. The summed E-state index contributed by atoms with van der Waals surface area (Å²) in [6.45, 7) is 3.46. The standard InChI is InChI=1S/C16H17F3N4O2/c1-15(9-25-10-15)8-20-14(24)13-7-23(22-21-13)6-11-4-2-3-5-12(11)16(17,18)19/h2-5,7H,6,8-10H2,1H3,(H,20,24). The molecule has 134 valence electrons. The third-order valence-electron chi connectivity index (χ3n) is 4.00. The van der Waals surface area contributed by atoms with Gasteiger partial charge in [0.05, 0.1) is 31.5 Å². The fourth-order valence-corrected chi connectivity index (χ4v) is 2.53. The van der Waals surface area contributed by atoms with Crippen LogP contribution in [0.15, 0.2) is 30.5 Å². The van der Waals surface area contributed by atoms with Crippen molar-refractivity contribution in [1.29, 1.82) is 0 Å². The fourth-order valence-electron chi connectivity index (χ4n) is 2.53. The second-order valence-electron chi connectivity index (χ2n) is 6.44. The lowest BCUT2D eigenvalue weighted by atomic mass is 9.89. The normalized spacial score (nSPS) is 16.3. The Hall–Kier alpha value is -2.42. The summed E-state index contributed by atoms with van der Waals surface area (Å²) in [4.78, 5) is 12.1. The van der Waals surface area contributed by atoms with E-state index in [1.807, 2.05) is 6.92 Å². The number of carbonyl (C=O) groups is 1. The second kappa shape index (κ2) is 6.47. The number of rotatable bonds is 5. The van der Waals surface area contributed by atoms with Crippen LogP contribution in [0.1, 0.15) is 28.5 Å². The monoisotopic (exact) mass is 354 g/mol. The first-order valence-corrected chi connectivity index (χ1v) is 7.68. The molecule has 2 aromatic rings. The molecule has 1 amide bonds. The maximum Gasteiger partial charge on any atom is 0.416 e. The van der Waals surface area contributed by atoms with Crippen molar-refractivity contribution in [2.45, 2.75) is 19.6 Å². The van der Waals surface area contributed by atoms with Gasteiger partial charge in [-0.3, -0.25) is 4.79 Å². The van der Waals surface area contributed by atoms with E-state index >= 15 is 0 Å². The summed E-state index contributed by atoms with van der Waals surface area (Å²) in [5.41, 5.74) is -0.689. The topological polar surface area (TPSA) is 69.0 Å². The van der Waals surface area contributed by atoms with Crippen molar-refractivity contribution in [3.05, 3.63) is 47.3 Å². The molecule has 0 aliphatic carbocycles. The van der Waals surface area contributed by atoms with Gasteiger partial charge in [0.15, 0.2) is 5.69 Å². The number of hydrogen-bond donors (Lipinski definition) is 1. The van der Waals surface area contributed by atoms with Crippen LogP contribution in [-0.2, 0) is 17.5 Å². The zero-order valence-electron chi connectivity index (χ0n) is 13.5. The van der Waals surface area contributed by atoms with Gasteiger partial charge in [-0.15, -0.1) is 5.10 Å². The summed E-state index contributed by atoms with van der Waals surface area (Å²) in [7, 11) is 0. The summed E-state index contributed by atoms with van der Waals surface area (Å²) in [6, 6.07) is 5.25. The van der Waals surface area contributed by atoms with E-state index < -0.39 is 17.6 Å². The first-order chi connectivity index (χ1) is 11.8. The van der Waals surface area contributed by atoms with E-state index in [1.54, 1.807) is 0 Å². The molecule has 1 aliphatic heterocycles. The number of ether oxygens (including phenoxy) is 1. The van der Waals surface area contributed by atoms with E-state index in [0.717, 1.165) is 6.07 Å². The molecule has 0 atom stereocenters. The molecule has 1 N–H and O–H groups in total. The minimum Gasteiger partial charge on any atom is -0.380 e. The lowest BCUT2D eigenvalue weighted by Crippen LogP contribution is -2.48. The quantitative estimate of drug-likeness (QED) is 0.893. The molecule has 0 bridgehead atoms. The van der Waals surface area contributed by atoms with Gasteiger partial charge < -0.3 is 10.1 Å². The molecule has 1 aromatic heterocycles. The second-order valence-corrected chi connectivity index (χ2v) is 6.44. The molecule has 3 rings (SSSR count). The van der Waals surface area contributed by atoms with E-state index in [-0.39, 0.29) is 23.2 Å². The van der Waals surface area contributed by atoms with Crippen LogP contribution >= 0.6 is 0 Å². The molecular formula is C16H17F3N4O2. The Kier molecular flexibility index (Phi) is 4.51. The first kappa shape index (κ1) is 17.4. The predicted molar refractivity (Wildman–Crippen MR) is 81.8 cm³/mol. The number of nitrogens with one attached hydrogen (secondary N) is 1. The van der Waals surface area contributed by atoms with Gasteiger partial charge in [0, 0.05) is 12.0 Å². The van der Waals surface area contributed by atoms with Crippen molar-refractivity contribution in [2.75, 3.05) is 19.8 Å². The molecule has 1 fully saturated rings. The first-order valence-electron chi connectivity index (χ1n) is 7.68. The predicted octanol–water partition coefficient (Wildman–Crippen LogP) is 2.11. The number of hydrogen-bond acceptors (Lipinski definition) is 4. The lowest BCUT2D eigenvalue weighted by Gasteiger charge is -2.37. The minimum atomic E-state index is -4.45. The van der Waals surface area contributed by atoms with Crippen LogP contribution < -0.4 is 5.32 Å². The van der Waals surface area contributed by atoms with Crippen molar-refractivity contribution in [1.82, 2.24) is 20.3 Å². The molecule has 2 heterocycles. The van der Waals surface area contributed by atoms with Crippen molar-refractivity contribution < 1.29 is 22.7 Å². The van der Waals surface area contributed by atoms with Gasteiger partial charge in [-0.1, -0.05) is 30.3 Å². The average Bonchev–Trinajstić information content (AvgIpc) is 2.99. The molecule has 9 heteroatoms. The Morgan fingerprint density at radius 2 is 2.08 bits per heavy atom. The van der Waals surface area contributed by atoms with E-state index in [9.17, 15) is 18.0 Å². The van der Waals surface area contributed by atoms with Gasteiger partial charge in [0.2, 0.25) is 0 Å². The molecule has 0 spiro atoms. The molecule has 6 nitrogen and oxygen atoms in total. The lowest BCUT2D eigenvalue weighted by molar-refractivity contribution is -0.138. The third-order valence-corrected chi connectivity index (χ3v) is 4.00.